The molecule has 0 spiro atoms. The number of thioether (sulfide) groups is 1. The van der Waals surface area contributed by atoms with Crippen molar-refractivity contribution in [1.82, 2.24) is 9.97 Å². The fourth-order valence-electron chi connectivity index (χ4n) is 2.84. The van der Waals surface area contributed by atoms with E-state index in [0.717, 1.165) is 27.3 Å². The van der Waals surface area contributed by atoms with Gasteiger partial charge in [0, 0.05) is 10.9 Å². The van der Waals surface area contributed by atoms with Crippen molar-refractivity contribution in [3.63, 3.8) is 0 Å². The predicted octanol–water partition coefficient (Wildman–Crippen LogP) is 5.60. The van der Waals surface area contributed by atoms with E-state index in [4.69, 9.17) is 0 Å². The van der Waals surface area contributed by atoms with Crippen molar-refractivity contribution in [2.45, 2.75) is 50.3 Å². The van der Waals surface area contributed by atoms with Crippen LogP contribution in [-0.2, 0) is 5.41 Å². The standard InChI is InChI=1S/C22H24N2OS/c1-14(20(25)16-10-12-17(13-11-16)22(3,4)5)26-21-18-8-6-7-9-19(18)23-15(2)24-21/h6-14H,1-5H3/t14-/m1/s1. The molecule has 1 atom stereocenters. The van der Waals surface area contributed by atoms with Crippen LogP contribution < -0.4 is 0 Å². The van der Waals surface area contributed by atoms with Crippen molar-refractivity contribution in [2.24, 2.45) is 0 Å². The Hall–Kier alpha value is -2.20. The number of hydrogen-bond acceptors (Lipinski definition) is 4. The van der Waals surface area contributed by atoms with E-state index in [9.17, 15) is 4.79 Å². The Balaban J connectivity index is 1.84. The van der Waals surface area contributed by atoms with E-state index < -0.39 is 0 Å². The highest BCUT2D eigenvalue weighted by molar-refractivity contribution is 8.00. The second-order valence-electron chi connectivity index (χ2n) is 7.54. The van der Waals surface area contributed by atoms with Crippen LogP contribution >= 0.6 is 11.8 Å². The lowest BCUT2D eigenvalue weighted by Gasteiger charge is -2.19. The Labute approximate surface area is 159 Å². The van der Waals surface area contributed by atoms with Crippen LogP contribution in [0.25, 0.3) is 10.9 Å². The molecule has 0 unspecified atom stereocenters. The third kappa shape index (κ3) is 3.96. The number of benzene rings is 2. The molecule has 0 fully saturated rings. The molecule has 2 aromatic carbocycles. The van der Waals surface area contributed by atoms with Crippen LogP contribution in [0.1, 0.15) is 49.4 Å². The first kappa shape index (κ1) is 18.6. The number of ketones is 1. The zero-order chi connectivity index (χ0) is 18.9. The number of aromatic nitrogens is 2. The summed E-state index contributed by atoms with van der Waals surface area (Å²) in [6.07, 6.45) is 0. The molecule has 0 N–H and O–H groups in total. The van der Waals surface area contributed by atoms with Gasteiger partial charge in [-0.15, -0.1) is 0 Å². The lowest BCUT2D eigenvalue weighted by molar-refractivity contribution is 0.0994. The second-order valence-corrected chi connectivity index (χ2v) is 8.87. The topological polar surface area (TPSA) is 42.9 Å². The van der Waals surface area contributed by atoms with Gasteiger partial charge in [-0.25, -0.2) is 9.97 Å². The molecule has 1 aromatic heterocycles. The van der Waals surface area contributed by atoms with Crippen molar-refractivity contribution in [1.29, 1.82) is 0 Å². The first-order valence-corrected chi connectivity index (χ1v) is 9.68. The summed E-state index contributed by atoms with van der Waals surface area (Å²) in [6, 6.07) is 15.9. The maximum atomic E-state index is 12.9. The average Bonchev–Trinajstić information content (AvgIpc) is 2.60. The highest BCUT2D eigenvalue weighted by atomic mass is 32.2. The average molecular weight is 365 g/mol. The molecule has 0 aliphatic carbocycles. The molecule has 3 rings (SSSR count). The summed E-state index contributed by atoms with van der Waals surface area (Å²) in [4.78, 5) is 21.9. The minimum Gasteiger partial charge on any atom is -0.293 e. The van der Waals surface area contributed by atoms with E-state index in [0.29, 0.717) is 0 Å². The lowest BCUT2D eigenvalue weighted by Crippen LogP contribution is -2.15. The number of rotatable bonds is 4. The number of aryl methyl sites for hydroxylation is 1. The fourth-order valence-corrected chi connectivity index (χ4v) is 3.90. The van der Waals surface area contributed by atoms with Gasteiger partial charge in [-0.3, -0.25) is 4.79 Å². The van der Waals surface area contributed by atoms with E-state index in [-0.39, 0.29) is 16.4 Å². The molecule has 0 aliphatic rings. The summed E-state index contributed by atoms with van der Waals surface area (Å²) in [6.45, 7) is 10.3. The van der Waals surface area contributed by atoms with Crippen LogP contribution in [0.2, 0.25) is 0 Å². The lowest BCUT2D eigenvalue weighted by atomic mass is 9.86. The summed E-state index contributed by atoms with van der Waals surface area (Å²) >= 11 is 1.50. The molecule has 1 heterocycles. The van der Waals surface area contributed by atoms with Gasteiger partial charge in [-0.1, -0.05) is 75.0 Å². The number of carbonyl (C=O) groups excluding carboxylic acids is 1. The summed E-state index contributed by atoms with van der Waals surface area (Å²) in [5.74, 6) is 0.844. The normalized spacial score (nSPS) is 13.0. The molecule has 0 saturated heterocycles. The van der Waals surface area contributed by atoms with Gasteiger partial charge in [0.25, 0.3) is 0 Å². The third-order valence-electron chi connectivity index (χ3n) is 4.37. The molecule has 0 saturated carbocycles. The maximum Gasteiger partial charge on any atom is 0.175 e. The van der Waals surface area contributed by atoms with Gasteiger partial charge in [0.2, 0.25) is 0 Å². The van der Waals surface area contributed by atoms with E-state index in [1.165, 1.54) is 17.3 Å². The van der Waals surface area contributed by atoms with Crippen LogP contribution in [-0.4, -0.2) is 21.0 Å². The molecule has 26 heavy (non-hydrogen) atoms. The zero-order valence-corrected chi connectivity index (χ0v) is 16.7. The molecule has 4 heteroatoms. The molecular formula is C22H24N2OS. The van der Waals surface area contributed by atoms with Gasteiger partial charge >= 0.3 is 0 Å². The number of hydrogen-bond donors (Lipinski definition) is 0. The quantitative estimate of drug-likeness (QED) is 0.343. The van der Waals surface area contributed by atoms with Crippen LogP contribution in [0.5, 0.6) is 0 Å². The number of Topliss-reactive ketones (excluding diaryl/α,β-unsaturated/α-hetero) is 1. The summed E-state index contributed by atoms with van der Waals surface area (Å²) in [7, 11) is 0. The van der Waals surface area contributed by atoms with Crippen LogP contribution in [0.15, 0.2) is 53.6 Å². The van der Waals surface area contributed by atoms with E-state index in [2.05, 4.69) is 42.9 Å². The molecule has 0 amide bonds. The monoisotopic (exact) mass is 364 g/mol. The first-order chi connectivity index (χ1) is 12.3. The molecule has 134 valence electrons. The van der Waals surface area contributed by atoms with Crippen molar-refractivity contribution in [3.05, 3.63) is 65.5 Å². The van der Waals surface area contributed by atoms with Crippen LogP contribution in [0.3, 0.4) is 0 Å². The molecule has 0 radical (unpaired) electrons. The summed E-state index contributed by atoms with van der Waals surface area (Å²) in [5, 5.41) is 1.64. The predicted molar refractivity (Wildman–Crippen MR) is 109 cm³/mol. The van der Waals surface area contributed by atoms with Gasteiger partial charge in [-0.2, -0.15) is 0 Å². The Morgan fingerprint density at radius 2 is 1.65 bits per heavy atom. The van der Waals surface area contributed by atoms with Gasteiger partial charge in [0.1, 0.15) is 10.9 Å². The Morgan fingerprint density at radius 3 is 2.31 bits per heavy atom. The molecular weight excluding hydrogens is 340 g/mol. The van der Waals surface area contributed by atoms with E-state index in [1.807, 2.05) is 50.2 Å². The Bertz CT molecular complexity index is 943. The highest BCUT2D eigenvalue weighted by Crippen LogP contribution is 2.30. The van der Waals surface area contributed by atoms with E-state index in [1.54, 1.807) is 0 Å². The third-order valence-corrected chi connectivity index (χ3v) is 5.48. The zero-order valence-electron chi connectivity index (χ0n) is 15.9. The summed E-state index contributed by atoms with van der Waals surface area (Å²) < 4.78 is 0. The molecule has 3 nitrogen and oxygen atoms in total. The Morgan fingerprint density at radius 1 is 1.00 bits per heavy atom. The van der Waals surface area contributed by atoms with Crippen molar-refractivity contribution >= 4 is 28.4 Å². The Kier molecular flexibility index (Phi) is 5.15. The number of para-hydroxylation sites is 1. The SMILES string of the molecule is Cc1nc(S[C@H](C)C(=O)c2ccc(C(C)(C)C)cc2)c2ccccc2n1. The largest absolute Gasteiger partial charge is 0.293 e. The van der Waals surface area contributed by atoms with E-state index >= 15 is 0 Å². The van der Waals surface area contributed by atoms with Crippen LogP contribution in [0, 0.1) is 6.92 Å². The second kappa shape index (κ2) is 7.20. The number of carbonyl (C=O) groups is 1. The maximum absolute atomic E-state index is 12.9. The van der Waals surface area contributed by atoms with Crippen molar-refractivity contribution in [2.75, 3.05) is 0 Å². The molecule has 0 bridgehead atoms. The van der Waals surface area contributed by atoms with Crippen molar-refractivity contribution < 1.29 is 4.79 Å². The van der Waals surface area contributed by atoms with Crippen molar-refractivity contribution in [3.8, 4) is 0 Å². The van der Waals surface area contributed by atoms with Gasteiger partial charge in [0.05, 0.1) is 10.8 Å². The highest BCUT2D eigenvalue weighted by Gasteiger charge is 2.20. The van der Waals surface area contributed by atoms with Gasteiger partial charge in [-0.05, 0) is 30.9 Å². The molecule has 0 aliphatic heterocycles. The molecule has 3 aromatic rings. The fraction of sp³-hybridized carbons (Fsp3) is 0.318. The smallest absolute Gasteiger partial charge is 0.175 e. The van der Waals surface area contributed by atoms with Gasteiger partial charge < -0.3 is 0 Å². The van der Waals surface area contributed by atoms with Gasteiger partial charge in [0.15, 0.2) is 5.78 Å². The summed E-state index contributed by atoms with van der Waals surface area (Å²) in [5.41, 5.74) is 2.97. The minimum absolute atomic E-state index is 0.0827. The van der Waals surface area contributed by atoms with Crippen LogP contribution in [0.4, 0.5) is 0 Å². The number of nitrogens with zero attached hydrogens (tertiary/aromatic N) is 2. The first-order valence-electron chi connectivity index (χ1n) is 8.80. The minimum atomic E-state index is -0.215. The number of fused-ring (bicyclic) bond motifs is 1.